The van der Waals surface area contributed by atoms with E-state index in [1.54, 1.807) is 0 Å². The van der Waals surface area contributed by atoms with Crippen LogP contribution in [0.3, 0.4) is 0 Å². The highest BCUT2D eigenvalue weighted by atomic mass is 16.1. The highest BCUT2D eigenvalue weighted by Crippen LogP contribution is 2.31. The molecule has 0 saturated carbocycles. The van der Waals surface area contributed by atoms with Gasteiger partial charge in [-0.3, -0.25) is 9.78 Å². The van der Waals surface area contributed by atoms with Crippen LogP contribution in [-0.2, 0) is 12.8 Å². The zero-order valence-corrected chi connectivity index (χ0v) is 21.0. The van der Waals surface area contributed by atoms with E-state index in [9.17, 15) is 4.79 Å². The van der Waals surface area contributed by atoms with Crippen LogP contribution in [0.25, 0.3) is 22.0 Å². The third-order valence-electron chi connectivity index (χ3n) is 6.65. The van der Waals surface area contributed by atoms with Crippen LogP contribution in [0.15, 0.2) is 79.0 Å². The van der Waals surface area contributed by atoms with Gasteiger partial charge in [-0.25, -0.2) is 0 Å². The molecule has 0 unspecified atom stereocenters. The average molecular weight is 465 g/mol. The number of rotatable bonds is 11. The molecule has 0 bridgehead atoms. The first-order valence-corrected chi connectivity index (χ1v) is 13.0. The van der Waals surface area contributed by atoms with Crippen molar-refractivity contribution in [2.24, 2.45) is 0 Å². The van der Waals surface area contributed by atoms with E-state index in [4.69, 9.17) is 0 Å². The fraction of sp³-hybridized carbons (Fsp3) is 0.312. The summed E-state index contributed by atoms with van der Waals surface area (Å²) in [5.74, 6) is -0.00368. The zero-order valence-electron chi connectivity index (χ0n) is 21.0. The number of aromatic nitrogens is 1. The van der Waals surface area contributed by atoms with Gasteiger partial charge in [0.2, 0.25) is 0 Å². The van der Waals surface area contributed by atoms with Crippen LogP contribution < -0.4 is 5.32 Å². The van der Waals surface area contributed by atoms with Crippen LogP contribution in [0.2, 0.25) is 0 Å². The summed E-state index contributed by atoms with van der Waals surface area (Å²) >= 11 is 0. The Balaban J connectivity index is 1.54. The second kappa shape index (κ2) is 12.3. The highest BCUT2D eigenvalue weighted by Gasteiger charge is 2.13. The van der Waals surface area contributed by atoms with Gasteiger partial charge in [0.1, 0.15) is 0 Å². The van der Waals surface area contributed by atoms with Gasteiger partial charge in [-0.15, -0.1) is 0 Å². The molecule has 0 atom stereocenters. The van der Waals surface area contributed by atoms with Gasteiger partial charge in [-0.05, 0) is 90.8 Å². The molecule has 3 aromatic carbocycles. The minimum atomic E-state index is -0.00368. The minimum Gasteiger partial charge on any atom is -0.352 e. The van der Waals surface area contributed by atoms with Gasteiger partial charge < -0.3 is 5.32 Å². The molecule has 0 saturated heterocycles. The summed E-state index contributed by atoms with van der Waals surface area (Å²) in [7, 11) is 0. The largest absolute Gasteiger partial charge is 0.352 e. The minimum absolute atomic E-state index is 0.00368. The molecule has 0 fully saturated rings. The molecule has 3 nitrogen and oxygen atoms in total. The molecule has 1 N–H and O–H groups in total. The Labute approximate surface area is 209 Å². The Bertz CT molecular complexity index is 1260. The molecule has 1 amide bonds. The first-order chi connectivity index (χ1) is 17.2. The van der Waals surface area contributed by atoms with Crippen molar-refractivity contribution < 1.29 is 4.79 Å². The van der Waals surface area contributed by atoms with Crippen LogP contribution in [0.4, 0.5) is 0 Å². The number of hydrogen-bond acceptors (Lipinski definition) is 2. The number of amides is 1. The summed E-state index contributed by atoms with van der Waals surface area (Å²) in [6.45, 7) is 5.02. The van der Waals surface area contributed by atoms with Crippen LogP contribution in [0, 0.1) is 6.92 Å². The number of nitrogens with zero attached hydrogens (tertiary/aromatic N) is 1. The van der Waals surface area contributed by atoms with E-state index < -0.39 is 0 Å². The number of pyridine rings is 1. The van der Waals surface area contributed by atoms with Crippen LogP contribution in [-0.4, -0.2) is 17.4 Å². The van der Waals surface area contributed by atoms with Crippen molar-refractivity contribution >= 4 is 16.8 Å². The summed E-state index contributed by atoms with van der Waals surface area (Å²) in [5, 5.41) is 4.25. The Morgan fingerprint density at radius 2 is 1.71 bits per heavy atom. The van der Waals surface area contributed by atoms with Crippen molar-refractivity contribution in [2.75, 3.05) is 6.54 Å². The maximum absolute atomic E-state index is 13.0. The predicted molar refractivity (Wildman–Crippen MR) is 147 cm³/mol. The maximum Gasteiger partial charge on any atom is 0.251 e. The van der Waals surface area contributed by atoms with Gasteiger partial charge in [0.25, 0.3) is 5.91 Å². The molecule has 0 aliphatic heterocycles. The van der Waals surface area contributed by atoms with E-state index in [1.807, 2.05) is 24.4 Å². The summed E-state index contributed by atoms with van der Waals surface area (Å²) in [5.41, 5.74) is 7.85. The van der Waals surface area contributed by atoms with Crippen LogP contribution in [0.1, 0.15) is 66.1 Å². The summed E-state index contributed by atoms with van der Waals surface area (Å²) in [6.07, 6.45) is 9.66. The lowest BCUT2D eigenvalue weighted by atomic mass is 9.91. The van der Waals surface area contributed by atoms with Crippen molar-refractivity contribution in [3.8, 4) is 11.1 Å². The normalized spacial score (nSPS) is 11.0. The van der Waals surface area contributed by atoms with Crippen molar-refractivity contribution in [3.63, 3.8) is 0 Å². The number of fused-ring (bicyclic) bond motifs is 1. The van der Waals surface area contributed by atoms with Gasteiger partial charge in [0.05, 0.1) is 5.52 Å². The lowest BCUT2D eigenvalue weighted by molar-refractivity contribution is 0.0953. The summed E-state index contributed by atoms with van der Waals surface area (Å²) in [6, 6.07) is 25.2. The molecule has 0 aliphatic carbocycles. The molecule has 0 radical (unpaired) electrons. The number of nitrogens with one attached hydrogen (secondary N) is 1. The lowest BCUT2D eigenvalue weighted by Gasteiger charge is -2.14. The van der Waals surface area contributed by atoms with Crippen LogP contribution in [0.5, 0.6) is 0 Å². The molecule has 1 heterocycles. The summed E-state index contributed by atoms with van der Waals surface area (Å²) in [4.78, 5) is 17.6. The number of aryl methyl sites for hydroxylation is 3. The van der Waals surface area contributed by atoms with E-state index >= 15 is 0 Å². The van der Waals surface area contributed by atoms with E-state index in [-0.39, 0.29) is 5.91 Å². The van der Waals surface area contributed by atoms with Gasteiger partial charge in [-0.2, -0.15) is 0 Å². The molecule has 3 heteroatoms. The number of hydrogen-bond donors (Lipinski definition) is 1. The number of benzene rings is 3. The third kappa shape index (κ3) is 6.57. The van der Waals surface area contributed by atoms with Gasteiger partial charge in [-0.1, -0.05) is 68.7 Å². The van der Waals surface area contributed by atoms with E-state index in [0.717, 1.165) is 52.4 Å². The van der Waals surface area contributed by atoms with Gasteiger partial charge >= 0.3 is 0 Å². The van der Waals surface area contributed by atoms with E-state index in [1.165, 1.54) is 36.8 Å². The SMILES string of the molecule is CCCCCCc1ccc(C(=O)NCCCc2ccccc2)cc1-c1cc(C)c2ncccc2c1. The predicted octanol–water partition coefficient (Wildman–Crippen LogP) is 7.70. The average Bonchev–Trinajstić information content (AvgIpc) is 2.89. The standard InChI is InChI=1S/C32H36N2O/c1-3-4-5-9-15-26-17-18-28(32(35)34-20-10-14-25-12-7-6-8-13-25)23-30(26)29-21-24(2)31-27(22-29)16-11-19-33-31/h6-8,11-13,16-19,21-23H,3-5,9-10,14-15,20H2,1-2H3,(H,34,35). The topological polar surface area (TPSA) is 42.0 Å². The van der Waals surface area contributed by atoms with Crippen LogP contribution >= 0.6 is 0 Å². The van der Waals surface area contributed by atoms with Crippen molar-refractivity contribution in [2.45, 2.75) is 58.8 Å². The monoisotopic (exact) mass is 464 g/mol. The fourth-order valence-corrected chi connectivity index (χ4v) is 4.72. The second-order valence-corrected chi connectivity index (χ2v) is 9.40. The van der Waals surface area contributed by atoms with Gasteiger partial charge in [0.15, 0.2) is 0 Å². The molecule has 0 spiro atoms. The molecule has 180 valence electrons. The first-order valence-electron chi connectivity index (χ1n) is 13.0. The Hall–Kier alpha value is -3.46. The van der Waals surface area contributed by atoms with Crippen molar-refractivity contribution in [1.82, 2.24) is 10.3 Å². The fourth-order valence-electron chi connectivity index (χ4n) is 4.72. The second-order valence-electron chi connectivity index (χ2n) is 9.40. The number of unbranched alkanes of at least 4 members (excludes halogenated alkanes) is 3. The van der Waals surface area contributed by atoms with Gasteiger partial charge in [0, 0.05) is 23.7 Å². The van der Waals surface area contributed by atoms with Crippen molar-refractivity contribution in [1.29, 1.82) is 0 Å². The Kier molecular flexibility index (Phi) is 8.67. The first kappa shape index (κ1) is 24.7. The number of carbonyl (C=O) groups is 1. The molecule has 35 heavy (non-hydrogen) atoms. The molecule has 4 aromatic rings. The quantitative estimate of drug-likeness (QED) is 0.231. The summed E-state index contributed by atoms with van der Waals surface area (Å²) < 4.78 is 0. The van der Waals surface area contributed by atoms with E-state index in [0.29, 0.717) is 6.54 Å². The molecular formula is C32H36N2O. The van der Waals surface area contributed by atoms with Crippen molar-refractivity contribution in [3.05, 3.63) is 101 Å². The number of carbonyl (C=O) groups excluding carboxylic acids is 1. The lowest BCUT2D eigenvalue weighted by Crippen LogP contribution is -2.24. The maximum atomic E-state index is 13.0. The highest BCUT2D eigenvalue weighted by molar-refractivity contribution is 5.96. The Morgan fingerprint density at radius 1 is 0.857 bits per heavy atom. The van der Waals surface area contributed by atoms with E-state index in [2.05, 4.69) is 78.7 Å². The third-order valence-corrected chi connectivity index (χ3v) is 6.65. The zero-order chi connectivity index (χ0) is 24.5. The molecule has 1 aromatic heterocycles. The molecule has 4 rings (SSSR count). The smallest absolute Gasteiger partial charge is 0.251 e. The molecular weight excluding hydrogens is 428 g/mol. The Morgan fingerprint density at radius 3 is 2.54 bits per heavy atom. The molecule has 0 aliphatic rings.